The van der Waals surface area contributed by atoms with E-state index in [0.29, 0.717) is 0 Å². The number of nitrogens with two attached hydrogens (primary N) is 1. The largest absolute Gasteiger partial charge is 0.324 e. The number of rotatable bonds is 2. The highest BCUT2D eigenvalue weighted by Gasteiger charge is 2.34. The van der Waals surface area contributed by atoms with Crippen molar-refractivity contribution in [1.82, 2.24) is 4.90 Å². The van der Waals surface area contributed by atoms with Gasteiger partial charge < -0.3 is 10.6 Å². The lowest BCUT2D eigenvalue weighted by molar-refractivity contribution is 0.166. The second kappa shape index (κ2) is 4.42. The normalized spacial score (nSPS) is 43.4. The third-order valence-electron chi connectivity index (χ3n) is 4.17. The zero-order chi connectivity index (χ0) is 10.9. The van der Waals surface area contributed by atoms with Crippen molar-refractivity contribution in [3.05, 3.63) is 0 Å². The summed E-state index contributed by atoms with van der Waals surface area (Å²) in [4.78, 5) is 2.59. The summed E-state index contributed by atoms with van der Waals surface area (Å²) >= 11 is 0. The quantitative estimate of drug-likeness (QED) is 0.757. The molecular weight excluding hydrogens is 184 g/mol. The van der Waals surface area contributed by atoms with E-state index < -0.39 is 0 Å². The number of hydrogen-bond acceptors (Lipinski definition) is 2. The lowest BCUT2D eigenvalue weighted by Gasteiger charge is -2.39. The summed E-state index contributed by atoms with van der Waals surface area (Å²) < 4.78 is 0. The van der Waals surface area contributed by atoms with Crippen LogP contribution in [0.4, 0.5) is 0 Å². The molecule has 2 rings (SSSR count). The van der Waals surface area contributed by atoms with Gasteiger partial charge in [0, 0.05) is 18.6 Å². The molecule has 2 nitrogen and oxygen atoms in total. The van der Waals surface area contributed by atoms with Crippen molar-refractivity contribution in [2.45, 2.75) is 51.5 Å². The molecule has 2 heteroatoms. The lowest BCUT2D eigenvalue weighted by atomic mass is 9.77. The molecular formula is C13H26N2. The van der Waals surface area contributed by atoms with E-state index in [4.69, 9.17) is 5.73 Å². The Morgan fingerprint density at radius 2 is 2.07 bits per heavy atom. The van der Waals surface area contributed by atoms with Crippen molar-refractivity contribution in [3.63, 3.8) is 0 Å². The van der Waals surface area contributed by atoms with Crippen LogP contribution in [0.5, 0.6) is 0 Å². The van der Waals surface area contributed by atoms with Crippen molar-refractivity contribution in [2.24, 2.45) is 17.6 Å². The molecule has 2 N–H and O–H groups in total. The van der Waals surface area contributed by atoms with Gasteiger partial charge in [-0.15, -0.1) is 0 Å². The van der Waals surface area contributed by atoms with Gasteiger partial charge in [-0.05, 0) is 37.6 Å². The van der Waals surface area contributed by atoms with Crippen molar-refractivity contribution in [1.29, 1.82) is 0 Å². The lowest BCUT2D eigenvalue weighted by Crippen LogP contribution is -2.52. The Kier molecular flexibility index (Phi) is 3.36. The van der Waals surface area contributed by atoms with E-state index in [1.807, 2.05) is 0 Å². The predicted octanol–water partition coefficient (Wildman–Crippen LogP) is 2.24. The molecule has 0 radical (unpaired) electrons. The number of likely N-dealkylation sites (tertiary alicyclic amines) is 1. The Bertz CT molecular complexity index is 217. The van der Waals surface area contributed by atoms with Crippen molar-refractivity contribution < 1.29 is 0 Å². The fraction of sp³-hybridized carbons (Fsp3) is 1.00. The molecule has 0 bridgehead atoms. The first-order chi connectivity index (χ1) is 7.07. The van der Waals surface area contributed by atoms with Gasteiger partial charge in [-0.3, -0.25) is 0 Å². The van der Waals surface area contributed by atoms with Crippen LogP contribution in [0.1, 0.15) is 46.0 Å². The summed E-state index contributed by atoms with van der Waals surface area (Å²) in [5.41, 5.74) is 6.66. The fourth-order valence-corrected chi connectivity index (χ4v) is 3.46. The summed E-state index contributed by atoms with van der Waals surface area (Å²) in [5, 5.41) is 0. The molecule has 1 saturated heterocycles. The fourth-order valence-electron chi connectivity index (χ4n) is 3.46. The first-order valence-corrected chi connectivity index (χ1v) is 6.59. The average molecular weight is 210 g/mol. The third kappa shape index (κ3) is 2.94. The topological polar surface area (TPSA) is 29.3 Å². The summed E-state index contributed by atoms with van der Waals surface area (Å²) in [7, 11) is 0. The van der Waals surface area contributed by atoms with Crippen molar-refractivity contribution in [3.8, 4) is 0 Å². The molecule has 0 spiro atoms. The van der Waals surface area contributed by atoms with Crippen LogP contribution in [0, 0.1) is 11.8 Å². The maximum absolute atomic E-state index is 6.53. The van der Waals surface area contributed by atoms with Crippen LogP contribution in [0.25, 0.3) is 0 Å². The maximum atomic E-state index is 6.53. The van der Waals surface area contributed by atoms with Gasteiger partial charge in [0.15, 0.2) is 0 Å². The van der Waals surface area contributed by atoms with E-state index in [2.05, 4.69) is 18.7 Å². The second-order valence-electron chi connectivity index (χ2n) is 6.19. The molecule has 1 aliphatic heterocycles. The predicted molar refractivity (Wildman–Crippen MR) is 64.8 cm³/mol. The molecule has 0 aromatic heterocycles. The molecule has 3 atom stereocenters. The van der Waals surface area contributed by atoms with Crippen LogP contribution in [0.3, 0.4) is 0 Å². The SMILES string of the molecule is CC1CCN(CC2(N)CCCC(C)C2)C1. The standard InChI is InChI=1S/C13H26N2/c1-11-4-3-6-13(14,8-11)10-15-7-5-12(2)9-15/h11-12H,3-10,14H2,1-2H3. The molecule has 1 saturated carbocycles. The zero-order valence-corrected chi connectivity index (χ0v) is 10.3. The van der Waals surface area contributed by atoms with Gasteiger partial charge in [-0.25, -0.2) is 0 Å². The number of nitrogens with zero attached hydrogens (tertiary/aromatic N) is 1. The van der Waals surface area contributed by atoms with Crippen LogP contribution in [0.2, 0.25) is 0 Å². The van der Waals surface area contributed by atoms with E-state index in [9.17, 15) is 0 Å². The molecule has 0 aromatic carbocycles. The summed E-state index contributed by atoms with van der Waals surface area (Å²) in [6.45, 7) is 8.39. The molecule has 1 aliphatic carbocycles. The minimum absolute atomic E-state index is 0.127. The molecule has 2 aliphatic rings. The molecule has 0 aromatic rings. The van der Waals surface area contributed by atoms with Crippen LogP contribution in [0.15, 0.2) is 0 Å². The van der Waals surface area contributed by atoms with Gasteiger partial charge in [0.05, 0.1) is 0 Å². The molecule has 0 amide bonds. The first-order valence-electron chi connectivity index (χ1n) is 6.59. The van der Waals surface area contributed by atoms with Crippen LogP contribution in [-0.2, 0) is 0 Å². The Balaban J connectivity index is 1.86. The van der Waals surface area contributed by atoms with Gasteiger partial charge in [0.1, 0.15) is 0 Å². The average Bonchev–Trinajstić information content (AvgIpc) is 2.49. The highest BCUT2D eigenvalue weighted by Crippen LogP contribution is 2.32. The van der Waals surface area contributed by atoms with Crippen LogP contribution >= 0.6 is 0 Å². The second-order valence-corrected chi connectivity index (χ2v) is 6.19. The van der Waals surface area contributed by atoms with E-state index in [-0.39, 0.29) is 5.54 Å². The van der Waals surface area contributed by atoms with Gasteiger partial charge in [-0.1, -0.05) is 26.7 Å². The van der Waals surface area contributed by atoms with Gasteiger partial charge in [0.25, 0.3) is 0 Å². The number of hydrogen-bond donors (Lipinski definition) is 1. The van der Waals surface area contributed by atoms with Gasteiger partial charge >= 0.3 is 0 Å². The van der Waals surface area contributed by atoms with Gasteiger partial charge in [-0.2, -0.15) is 0 Å². The molecule has 3 unspecified atom stereocenters. The minimum Gasteiger partial charge on any atom is -0.324 e. The Hall–Kier alpha value is -0.0800. The molecule has 2 fully saturated rings. The van der Waals surface area contributed by atoms with E-state index in [1.54, 1.807) is 0 Å². The van der Waals surface area contributed by atoms with Crippen LogP contribution in [-0.4, -0.2) is 30.1 Å². The van der Waals surface area contributed by atoms with Crippen molar-refractivity contribution in [2.75, 3.05) is 19.6 Å². The molecule has 88 valence electrons. The minimum atomic E-state index is 0.127. The molecule has 15 heavy (non-hydrogen) atoms. The Morgan fingerprint density at radius 1 is 1.27 bits per heavy atom. The van der Waals surface area contributed by atoms with E-state index in [1.165, 1.54) is 45.2 Å². The summed E-state index contributed by atoms with van der Waals surface area (Å²) in [6.07, 6.45) is 6.56. The summed E-state index contributed by atoms with van der Waals surface area (Å²) in [6, 6.07) is 0. The van der Waals surface area contributed by atoms with Gasteiger partial charge in [0.2, 0.25) is 0 Å². The Labute approximate surface area is 94.2 Å². The smallest absolute Gasteiger partial charge is 0.0285 e. The highest BCUT2D eigenvalue weighted by atomic mass is 15.2. The maximum Gasteiger partial charge on any atom is 0.0285 e. The van der Waals surface area contributed by atoms with E-state index >= 15 is 0 Å². The highest BCUT2D eigenvalue weighted by molar-refractivity contribution is 4.93. The monoisotopic (exact) mass is 210 g/mol. The third-order valence-corrected chi connectivity index (χ3v) is 4.17. The Morgan fingerprint density at radius 3 is 2.67 bits per heavy atom. The van der Waals surface area contributed by atoms with E-state index in [0.717, 1.165) is 18.4 Å². The summed E-state index contributed by atoms with van der Waals surface area (Å²) in [5.74, 6) is 1.72. The molecule has 1 heterocycles. The zero-order valence-electron chi connectivity index (χ0n) is 10.3. The van der Waals surface area contributed by atoms with Crippen molar-refractivity contribution >= 4 is 0 Å². The van der Waals surface area contributed by atoms with Crippen LogP contribution < -0.4 is 5.73 Å². The first kappa shape index (κ1) is 11.4.